The Hall–Kier alpha value is -3.19. The number of anilines is 2. The van der Waals surface area contributed by atoms with Crippen molar-refractivity contribution in [3.8, 4) is 0 Å². The summed E-state index contributed by atoms with van der Waals surface area (Å²) in [5.74, 6) is -0.408. The third-order valence-corrected chi connectivity index (χ3v) is 4.64. The van der Waals surface area contributed by atoms with E-state index in [0.29, 0.717) is 33.3 Å². The van der Waals surface area contributed by atoms with Crippen molar-refractivity contribution in [1.82, 2.24) is 4.98 Å². The summed E-state index contributed by atoms with van der Waals surface area (Å²) in [5, 5.41) is 3.57. The molecule has 26 heavy (non-hydrogen) atoms. The van der Waals surface area contributed by atoms with Gasteiger partial charge in [-0.25, -0.2) is 9.78 Å². The highest BCUT2D eigenvalue weighted by Crippen LogP contribution is 2.29. The highest BCUT2D eigenvalue weighted by atomic mass is 32.1. The third kappa shape index (κ3) is 3.89. The van der Waals surface area contributed by atoms with Crippen LogP contribution in [0.2, 0.25) is 0 Å². The van der Waals surface area contributed by atoms with E-state index in [0.717, 1.165) is 0 Å². The summed E-state index contributed by atoms with van der Waals surface area (Å²) < 4.78 is 4.76. The zero-order chi connectivity index (χ0) is 18.5. The summed E-state index contributed by atoms with van der Waals surface area (Å²) in [4.78, 5) is 28.9. The number of methoxy groups -OCH3 is 1. The van der Waals surface area contributed by atoms with Gasteiger partial charge in [0.05, 0.1) is 12.7 Å². The minimum atomic E-state index is -0.411. The first-order valence-electron chi connectivity index (χ1n) is 7.88. The number of ketones is 1. The Morgan fingerprint density at radius 1 is 1.27 bits per heavy atom. The number of thiazole rings is 1. The second-order valence-corrected chi connectivity index (χ2v) is 6.44. The Kier molecular flexibility index (Phi) is 5.28. The van der Waals surface area contributed by atoms with Gasteiger partial charge in [0.25, 0.3) is 0 Å². The molecule has 3 N–H and O–H groups in total. The van der Waals surface area contributed by atoms with Crippen molar-refractivity contribution < 1.29 is 14.3 Å². The number of rotatable bonds is 5. The van der Waals surface area contributed by atoms with Crippen LogP contribution < -0.4 is 11.1 Å². The molecule has 0 unspecified atom stereocenters. The lowest BCUT2D eigenvalue weighted by Gasteiger charge is -2.04. The van der Waals surface area contributed by atoms with E-state index in [1.54, 1.807) is 36.4 Å². The van der Waals surface area contributed by atoms with Crippen LogP contribution in [0, 0.1) is 0 Å². The SMILES string of the molecule is COC(=O)C1=CCC=CC(Nc2nc(N)c(C(=O)c3ccccc3)s2)=C1. The molecular weight excluding hydrogens is 350 g/mol. The molecule has 132 valence electrons. The molecule has 1 heterocycles. The Bertz CT molecular complexity index is 927. The number of esters is 1. The predicted molar refractivity (Wildman–Crippen MR) is 102 cm³/mol. The van der Waals surface area contributed by atoms with E-state index < -0.39 is 5.97 Å². The number of hydrogen-bond donors (Lipinski definition) is 2. The lowest BCUT2D eigenvalue weighted by Crippen LogP contribution is -2.04. The molecule has 6 nitrogen and oxygen atoms in total. The summed E-state index contributed by atoms with van der Waals surface area (Å²) in [6.07, 6.45) is 7.80. The van der Waals surface area contributed by atoms with Gasteiger partial charge in [0.2, 0.25) is 5.78 Å². The maximum atomic E-state index is 12.6. The Morgan fingerprint density at radius 2 is 2.04 bits per heavy atom. The molecule has 2 aromatic rings. The van der Waals surface area contributed by atoms with Crippen LogP contribution in [-0.4, -0.2) is 23.8 Å². The van der Waals surface area contributed by atoms with E-state index in [-0.39, 0.29) is 11.6 Å². The van der Waals surface area contributed by atoms with Crippen LogP contribution in [-0.2, 0) is 9.53 Å². The highest BCUT2D eigenvalue weighted by molar-refractivity contribution is 7.18. The molecule has 0 bridgehead atoms. The lowest BCUT2D eigenvalue weighted by molar-refractivity contribution is -0.135. The van der Waals surface area contributed by atoms with Gasteiger partial charge in [-0.05, 0) is 18.6 Å². The molecule has 0 amide bonds. The number of ether oxygens (including phenoxy) is 1. The molecule has 0 aliphatic heterocycles. The molecule has 1 aliphatic rings. The lowest BCUT2D eigenvalue weighted by atomic mass is 10.1. The van der Waals surface area contributed by atoms with Crippen LogP contribution in [0.1, 0.15) is 21.7 Å². The minimum absolute atomic E-state index is 0.172. The normalized spacial score (nSPS) is 13.4. The molecule has 0 saturated carbocycles. The van der Waals surface area contributed by atoms with Crippen LogP contribution >= 0.6 is 11.3 Å². The van der Waals surface area contributed by atoms with Gasteiger partial charge in [-0.15, -0.1) is 0 Å². The molecule has 1 aromatic heterocycles. The Balaban J connectivity index is 1.83. The molecule has 0 fully saturated rings. The van der Waals surface area contributed by atoms with Crippen molar-refractivity contribution >= 4 is 34.0 Å². The van der Waals surface area contributed by atoms with E-state index in [9.17, 15) is 9.59 Å². The molecule has 3 rings (SSSR count). The van der Waals surface area contributed by atoms with Gasteiger partial charge in [-0.2, -0.15) is 0 Å². The zero-order valence-corrected chi connectivity index (χ0v) is 14.9. The van der Waals surface area contributed by atoms with E-state index in [4.69, 9.17) is 10.5 Å². The largest absolute Gasteiger partial charge is 0.465 e. The van der Waals surface area contributed by atoms with Gasteiger partial charge in [0.15, 0.2) is 5.13 Å². The number of allylic oxidation sites excluding steroid dienone is 3. The molecule has 0 saturated heterocycles. The van der Waals surface area contributed by atoms with Gasteiger partial charge >= 0.3 is 5.97 Å². The van der Waals surface area contributed by atoms with Gasteiger partial charge in [-0.1, -0.05) is 53.8 Å². The summed E-state index contributed by atoms with van der Waals surface area (Å²) in [7, 11) is 1.34. The number of hydrogen-bond acceptors (Lipinski definition) is 7. The summed E-state index contributed by atoms with van der Waals surface area (Å²) >= 11 is 1.17. The standard InChI is InChI=1S/C19H17N3O3S/c1-25-18(24)13-9-5-6-10-14(11-13)21-19-22-17(20)16(26-19)15(23)12-7-3-2-4-8-12/h2-4,6-11H,5,20H2,1H3,(H,21,22). The van der Waals surface area contributed by atoms with Crippen molar-refractivity contribution in [3.05, 3.63) is 76.3 Å². The van der Waals surface area contributed by atoms with Crippen LogP contribution in [0.3, 0.4) is 0 Å². The molecule has 1 aliphatic carbocycles. The molecule has 0 spiro atoms. The first-order chi connectivity index (χ1) is 12.6. The van der Waals surface area contributed by atoms with Crippen molar-refractivity contribution in [2.24, 2.45) is 0 Å². The van der Waals surface area contributed by atoms with E-state index in [2.05, 4.69) is 10.3 Å². The summed E-state index contributed by atoms with van der Waals surface area (Å²) in [6, 6.07) is 8.91. The minimum Gasteiger partial charge on any atom is -0.465 e. The van der Waals surface area contributed by atoms with Crippen molar-refractivity contribution in [1.29, 1.82) is 0 Å². The highest BCUT2D eigenvalue weighted by Gasteiger charge is 2.18. The van der Waals surface area contributed by atoms with E-state index in [1.807, 2.05) is 18.2 Å². The predicted octanol–water partition coefficient (Wildman–Crippen LogP) is 3.31. The van der Waals surface area contributed by atoms with E-state index >= 15 is 0 Å². The van der Waals surface area contributed by atoms with Crippen molar-refractivity contribution in [2.75, 3.05) is 18.2 Å². The second-order valence-electron chi connectivity index (χ2n) is 5.44. The van der Waals surface area contributed by atoms with Gasteiger partial charge in [-0.3, -0.25) is 4.79 Å². The maximum absolute atomic E-state index is 12.6. The number of benzene rings is 1. The van der Waals surface area contributed by atoms with Crippen LogP contribution in [0.5, 0.6) is 0 Å². The van der Waals surface area contributed by atoms with Gasteiger partial charge < -0.3 is 15.8 Å². The summed E-state index contributed by atoms with van der Waals surface area (Å²) in [5.41, 5.74) is 7.59. The third-order valence-electron chi connectivity index (χ3n) is 3.65. The number of nitrogen functional groups attached to an aromatic ring is 1. The van der Waals surface area contributed by atoms with Crippen LogP contribution in [0.15, 0.2) is 65.9 Å². The van der Waals surface area contributed by atoms with Crippen molar-refractivity contribution in [2.45, 2.75) is 6.42 Å². The molecular formula is C19H17N3O3S. The molecule has 1 aromatic carbocycles. The fourth-order valence-electron chi connectivity index (χ4n) is 2.39. The average molecular weight is 367 g/mol. The number of aromatic nitrogens is 1. The Morgan fingerprint density at radius 3 is 2.77 bits per heavy atom. The monoisotopic (exact) mass is 367 g/mol. The number of carbonyl (C=O) groups is 2. The number of carbonyl (C=O) groups excluding carboxylic acids is 2. The van der Waals surface area contributed by atoms with Crippen LogP contribution in [0.25, 0.3) is 0 Å². The number of nitrogens with one attached hydrogen (secondary N) is 1. The first kappa shape index (κ1) is 17.6. The maximum Gasteiger partial charge on any atom is 0.337 e. The topological polar surface area (TPSA) is 94.3 Å². The van der Waals surface area contributed by atoms with Crippen LogP contribution in [0.4, 0.5) is 10.9 Å². The quantitative estimate of drug-likeness (QED) is 0.622. The summed E-state index contributed by atoms with van der Waals surface area (Å²) in [6.45, 7) is 0. The number of nitrogens with two attached hydrogens (primary N) is 1. The van der Waals surface area contributed by atoms with Gasteiger partial charge in [0, 0.05) is 11.3 Å². The second kappa shape index (κ2) is 7.79. The first-order valence-corrected chi connectivity index (χ1v) is 8.70. The fraction of sp³-hybridized carbons (Fsp3) is 0.105. The van der Waals surface area contributed by atoms with Crippen molar-refractivity contribution in [3.63, 3.8) is 0 Å². The number of nitrogens with zero attached hydrogens (tertiary/aromatic N) is 1. The van der Waals surface area contributed by atoms with Gasteiger partial charge in [0.1, 0.15) is 10.7 Å². The fourth-order valence-corrected chi connectivity index (χ4v) is 3.26. The molecule has 0 atom stereocenters. The smallest absolute Gasteiger partial charge is 0.337 e. The average Bonchev–Trinajstić information content (AvgIpc) is 2.87. The molecule has 0 radical (unpaired) electrons. The van der Waals surface area contributed by atoms with E-state index in [1.165, 1.54) is 18.4 Å². The molecule has 7 heteroatoms. The zero-order valence-electron chi connectivity index (χ0n) is 14.1. The Labute approximate surface area is 154 Å².